The molecule has 0 spiro atoms. The van der Waals surface area contributed by atoms with Gasteiger partial charge in [0, 0.05) is 30.6 Å². The van der Waals surface area contributed by atoms with Gasteiger partial charge in [0.25, 0.3) is 5.91 Å². The molecule has 130 valence electrons. The maximum absolute atomic E-state index is 13.1. The predicted octanol–water partition coefficient (Wildman–Crippen LogP) is 2.55. The first-order chi connectivity index (χ1) is 11.7. The third-order valence-electron chi connectivity index (χ3n) is 5.58. The summed E-state index contributed by atoms with van der Waals surface area (Å²) in [5.74, 6) is 1.58. The molecule has 0 aliphatic carbocycles. The highest BCUT2D eigenvalue weighted by Crippen LogP contribution is 2.33. The molecule has 1 amide bonds. The Hall–Kier alpha value is -1.75. The first kappa shape index (κ1) is 15.8. The molecule has 0 saturated carbocycles. The summed E-state index contributed by atoms with van der Waals surface area (Å²) < 4.78 is 11.4. The number of rotatable bonds is 2. The molecule has 5 heteroatoms. The summed E-state index contributed by atoms with van der Waals surface area (Å²) in [6.45, 7) is 3.32. The van der Waals surface area contributed by atoms with Gasteiger partial charge in [-0.25, -0.2) is 0 Å². The van der Waals surface area contributed by atoms with E-state index in [1.165, 1.54) is 12.8 Å². The highest BCUT2D eigenvalue weighted by molar-refractivity contribution is 5.95. The molecule has 0 bridgehead atoms. The lowest BCUT2D eigenvalue weighted by Gasteiger charge is -2.33. The molecular weight excluding hydrogens is 304 g/mol. The first-order valence-electron chi connectivity index (χ1n) is 9.15. The van der Waals surface area contributed by atoms with E-state index in [0.29, 0.717) is 36.6 Å². The Morgan fingerprint density at radius 2 is 1.75 bits per heavy atom. The summed E-state index contributed by atoms with van der Waals surface area (Å²) in [5.41, 5.74) is 0.715. The molecule has 4 rings (SSSR count). The van der Waals surface area contributed by atoms with Crippen molar-refractivity contribution in [2.24, 2.45) is 0 Å². The zero-order valence-electron chi connectivity index (χ0n) is 14.4. The summed E-state index contributed by atoms with van der Waals surface area (Å²) in [5, 5.41) is 0. The third kappa shape index (κ3) is 2.86. The Balaban J connectivity index is 1.55. The second-order valence-electron chi connectivity index (χ2n) is 7.11. The van der Waals surface area contributed by atoms with Gasteiger partial charge in [-0.15, -0.1) is 0 Å². The average Bonchev–Trinajstić information content (AvgIpc) is 3.16. The van der Waals surface area contributed by atoms with Gasteiger partial charge in [-0.05, 0) is 57.5 Å². The van der Waals surface area contributed by atoms with Crippen molar-refractivity contribution in [1.82, 2.24) is 9.80 Å². The SMILES string of the molecule is CN1CCC[C@@H]1[C@@H]1CCCN1C(=O)c1ccc2c(c1)OCCCO2. The molecular formula is C19H26N2O3. The summed E-state index contributed by atoms with van der Waals surface area (Å²) in [4.78, 5) is 17.6. The fourth-order valence-electron chi connectivity index (χ4n) is 4.33. The van der Waals surface area contributed by atoms with Crippen LogP contribution in [0.1, 0.15) is 42.5 Å². The van der Waals surface area contributed by atoms with E-state index in [-0.39, 0.29) is 5.91 Å². The lowest BCUT2D eigenvalue weighted by molar-refractivity contribution is 0.0664. The number of likely N-dealkylation sites (N-methyl/N-ethyl adjacent to an activating group) is 1. The van der Waals surface area contributed by atoms with Crippen LogP contribution in [0.5, 0.6) is 11.5 Å². The molecule has 3 aliphatic rings. The smallest absolute Gasteiger partial charge is 0.254 e. The number of carbonyl (C=O) groups is 1. The van der Waals surface area contributed by atoms with Crippen molar-refractivity contribution in [3.05, 3.63) is 23.8 Å². The Morgan fingerprint density at radius 3 is 2.54 bits per heavy atom. The number of carbonyl (C=O) groups excluding carboxylic acids is 1. The minimum atomic E-state index is 0.133. The van der Waals surface area contributed by atoms with Gasteiger partial charge in [0.15, 0.2) is 11.5 Å². The van der Waals surface area contributed by atoms with Gasteiger partial charge in [-0.2, -0.15) is 0 Å². The number of amides is 1. The largest absolute Gasteiger partial charge is 0.490 e. The van der Waals surface area contributed by atoms with E-state index in [0.717, 1.165) is 38.1 Å². The molecule has 1 aromatic carbocycles. The van der Waals surface area contributed by atoms with Crippen molar-refractivity contribution in [3.63, 3.8) is 0 Å². The van der Waals surface area contributed by atoms with E-state index < -0.39 is 0 Å². The lowest BCUT2D eigenvalue weighted by Crippen LogP contribution is -2.47. The lowest BCUT2D eigenvalue weighted by atomic mass is 10.0. The second-order valence-corrected chi connectivity index (χ2v) is 7.11. The minimum Gasteiger partial charge on any atom is -0.490 e. The van der Waals surface area contributed by atoms with Crippen LogP contribution in [-0.4, -0.2) is 61.1 Å². The number of hydrogen-bond donors (Lipinski definition) is 0. The van der Waals surface area contributed by atoms with Gasteiger partial charge in [-0.1, -0.05) is 0 Å². The van der Waals surface area contributed by atoms with Crippen LogP contribution in [0, 0.1) is 0 Å². The molecule has 2 saturated heterocycles. The number of ether oxygens (including phenoxy) is 2. The van der Waals surface area contributed by atoms with Crippen LogP contribution >= 0.6 is 0 Å². The van der Waals surface area contributed by atoms with Crippen molar-refractivity contribution in [1.29, 1.82) is 0 Å². The van der Waals surface area contributed by atoms with E-state index >= 15 is 0 Å². The molecule has 3 heterocycles. The third-order valence-corrected chi connectivity index (χ3v) is 5.58. The number of likely N-dealkylation sites (tertiary alicyclic amines) is 2. The monoisotopic (exact) mass is 330 g/mol. The predicted molar refractivity (Wildman–Crippen MR) is 91.8 cm³/mol. The molecule has 2 atom stereocenters. The van der Waals surface area contributed by atoms with Crippen LogP contribution in [0.3, 0.4) is 0 Å². The van der Waals surface area contributed by atoms with Gasteiger partial charge < -0.3 is 19.3 Å². The summed E-state index contributed by atoms with van der Waals surface area (Å²) >= 11 is 0. The highest BCUT2D eigenvalue weighted by atomic mass is 16.5. The molecule has 2 fully saturated rings. The first-order valence-corrected chi connectivity index (χ1v) is 9.15. The minimum absolute atomic E-state index is 0.133. The number of hydrogen-bond acceptors (Lipinski definition) is 4. The number of benzene rings is 1. The second kappa shape index (κ2) is 6.63. The summed E-state index contributed by atoms with van der Waals surface area (Å²) in [6.07, 6.45) is 5.53. The molecule has 0 radical (unpaired) electrons. The maximum atomic E-state index is 13.1. The molecule has 3 aliphatic heterocycles. The van der Waals surface area contributed by atoms with Gasteiger partial charge in [-0.3, -0.25) is 4.79 Å². The van der Waals surface area contributed by atoms with Gasteiger partial charge >= 0.3 is 0 Å². The van der Waals surface area contributed by atoms with E-state index in [2.05, 4.69) is 16.8 Å². The molecule has 0 aromatic heterocycles. The standard InChI is InChI=1S/C19H26N2O3/c1-20-9-2-5-15(20)16-6-3-10-21(16)19(22)14-7-8-17-18(13-14)24-12-4-11-23-17/h7-8,13,15-16H,2-6,9-12H2,1H3/t15-,16+/m1/s1. The zero-order chi connectivity index (χ0) is 16.5. The Bertz CT molecular complexity index is 619. The highest BCUT2D eigenvalue weighted by Gasteiger charge is 2.38. The molecule has 0 unspecified atom stereocenters. The summed E-state index contributed by atoms with van der Waals surface area (Å²) in [7, 11) is 2.19. The van der Waals surface area contributed by atoms with Crippen molar-refractivity contribution in [2.45, 2.75) is 44.2 Å². The van der Waals surface area contributed by atoms with E-state index in [1.54, 1.807) is 0 Å². The molecule has 5 nitrogen and oxygen atoms in total. The van der Waals surface area contributed by atoms with Crippen LogP contribution in [0.4, 0.5) is 0 Å². The fourth-order valence-corrected chi connectivity index (χ4v) is 4.33. The topological polar surface area (TPSA) is 42.0 Å². The fraction of sp³-hybridized carbons (Fsp3) is 0.632. The van der Waals surface area contributed by atoms with Gasteiger partial charge in [0.1, 0.15) is 0 Å². The molecule has 1 aromatic rings. The normalized spacial score (nSPS) is 27.3. The average molecular weight is 330 g/mol. The van der Waals surface area contributed by atoms with Gasteiger partial charge in [0.05, 0.1) is 13.2 Å². The van der Waals surface area contributed by atoms with Crippen LogP contribution in [0.2, 0.25) is 0 Å². The molecule has 24 heavy (non-hydrogen) atoms. The zero-order valence-corrected chi connectivity index (χ0v) is 14.4. The Kier molecular flexibility index (Phi) is 4.35. The van der Waals surface area contributed by atoms with E-state index in [1.807, 2.05) is 18.2 Å². The Labute approximate surface area is 143 Å². The van der Waals surface area contributed by atoms with Crippen LogP contribution in [-0.2, 0) is 0 Å². The number of fused-ring (bicyclic) bond motifs is 1. The van der Waals surface area contributed by atoms with E-state index in [4.69, 9.17) is 9.47 Å². The van der Waals surface area contributed by atoms with E-state index in [9.17, 15) is 4.79 Å². The quantitative estimate of drug-likeness (QED) is 0.836. The van der Waals surface area contributed by atoms with Gasteiger partial charge in [0.2, 0.25) is 0 Å². The molecule has 0 N–H and O–H groups in total. The Morgan fingerprint density at radius 1 is 1.00 bits per heavy atom. The number of nitrogens with zero attached hydrogens (tertiary/aromatic N) is 2. The van der Waals surface area contributed by atoms with Crippen LogP contribution in [0.25, 0.3) is 0 Å². The van der Waals surface area contributed by atoms with Crippen molar-refractivity contribution in [3.8, 4) is 11.5 Å². The van der Waals surface area contributed by atoms with Crippen molar-refractivity contribution < 1.29 is 14.3 Å². The maximum Gasteiger partial charge on any atom is 0.254 e. The van der Waals surface area contributed by atoms with Crippen molar-refractivity contribution in [2.75, 3.05) is 33.4 Å². The van der Waals surface area contributed by atoms with Crippen molar-refractivity contribution >= 4 is 5.91 Å². The summed E-state index contributed by atoms with van der Waals surface area (Å²) in [6, 6.07) is 6.47. The van der Waals surface area contributed by atoms with Crippen LogP contribution in [0.15, 0.2) is 18.2 Å². The van der Waals surface area contributed by atoms with Crippen LogP contribution < -0.4 is 9.47 Å².